The van der Waals surface area contributed by atoms with Gasteiger partial charge < -0.3 is 5.32 Å². The average Bonchev–Trinajstić information content (AvgIpc) is 3.12. The van der Waals surface area contributed by atoms with Gasteiger partial charge in [0.05, 0.1) is 22.8 Å². The lowest BCUT2D eigenvalue weighted by Gasteiger charge is -2.19. The van der Waals surface area contributed by atoms with Crippen molar-refractivity contribution in [3.8, 4) is 0 Å². The number of hydrogen-bond donors (Lipinski definition) is 1. The number of benzene rings is 1. The van der Waals surface area contributed by atoms with Crippen LogP contribution < -0.4 is 5.32 Å². The van der Waals surface area contributed by atoms with Crippen LogP contribution in [0.4, 0.5) is 5.13 Å². The fourth-order valence-corrected chi connectivity index (χ4v) is 5.15. The Labute approximate surface area is 157 Å². The van der Waals surface area contributed by atoms with E-state index in [1.165, 1.54) is 15.6 Å². The van der Waals surface area contributed by atoms with Crippen molar-refractivity contribution in [2.75, 3.05) is 18.4 Å². The largest absolute Gasteiger partial charge is 0.354 e. The van der Waals surface area contributed by atoms with E-state index in [1.54, 1.807) is 16.6 Å². The molecule has 0 unspecified atom stereocenters. The number of anilines is 1. The van der Waals surface area contributed by atoms with Crippen LogP contribution in [-0.2, 0) is 10.0 Å². The van der Waals surface area contributed by atoms with Crippen LogP contribution in [0.2, 0.25) is 0 Å². The Hall–Kier alpha value is -1.97. The van der Waals surface area contributed by atoms with Crippen LogP contribution in [0.5, 0.6) is 0 Å². The molecule has 0 saturated heterocycles. The van der Waals surface area contributed by atoms with Gasteiger partial charge in [-0.05, 0) is 31.5 Å². The van der Waals surface area contributed by atoms with E-state index in [9.17, 15) is 8.42 Å². The van der Waals surface area contributed by atoms with E-state index in [-0.39, 0.29) is 6.04 Å². The summed E-state index contributed by atoms with van der Waals surface area (Å²) in [6.07, 6.45) is 1.88. The summed E-state index contributed by atoms with van der Waals surface area (Å²) in [5.74, 6) is 0. The minimum Gasteiger partial charge on any atom is -0.354 e. The topological polar surface area (TPSA) is 79.6 Å². The van der Waals surface area contributed by atoms with Gasteiger partial charge in [-0.2, -0.15) is 4.31 Å². The molecule has 0 bridgehead atoms. The Balaban J connectivity index is 1.75. The Morgan fingerprint density at radius 2 is 1.88 bits per heavy atom. The summed E-state index contributed by atoms with van der Waals surface area (Å²) in [5, 5.41) is 8.58. The minimum absolute atomic E-state index is 0.00263. The summed E-state index contributed by atoms with van der Waals surface area (Å²) in [7, 11) is -3.43. The summed E-state index contributed by atoms with van der Waals surface area (Å²) < 4.78 is 28.3. The first-order chi connectivity index (χ1) is 12.3. The minimum atomic E-state index is -3.43. The summed E-state index contributed by atoms with van der Waals surface area (Å²) in [6, 6.07) is 7.02. The summed E-state index contributed by atoms with van der Waals surface area (Å²) in [5.41, 5.74) is 1.93. The Kier molecular flexibility index (Phi) is 5.31. The third-order valence-corrected chi connectivity index (χ3v) is 7.14. The first kappa shape index (κ1) is 18.8. The van der Waals surface area contributed by atoms with E-state index in [2.05, 4.69) is 15.4 Å². The number of nitrogens with one attached hydrogen (secondary N) is 1. The highest BCUT2D eigenvalue weighted by Gasteiger charge is 2.21. The standard InChI is InChI=1S/C17H23N5O2S2/c1-5-21(6-2)26(23,24)15-9-7-14(8-10-15)13(4)19-16-20-22-11-12(3)18-17(22)25-16/h7-11,13H,5-6H2,1-4H3,(H,19,20)/t13-/m1/s1. The number of aromatic nitrogens is 3. The molecular weight excluding hydrogens is 370 g/mol. The number of rotatable bonds is 7. The molecule has 9 heteroatoms. The third kappa shape index (κ3) is 3.60. The predicted octanol–water partition coefficient (Wildman–Crippen LogP) is 3.30. The van der Waals surface area contributed by atoms with Gasteiger partial charge in [0, 0.05) is 13.1 Å². The fraction of sp³-hybridized carbons (Fsp3) is 0.412. The normalized spacial score (nSPS) is 13.4. The number of aryl methyl sites for hydroxylation is 1. The maximum atomic E-state index is 12.6. The van der Waals surface area contributed by atoms with Crippen LogP contribution in [0.3, 0.4) is 0 Å². The van der Waals surface area contributed by atoms with E-state index in [4.69, 9.17) is 0 Å². The monoisotopic (exact) mass is 393 g/mol. The van der Waals surface area contributed by atoms with E-state index in [1.807, 2.05) is 46.0 Å². The van der Waals surface area contributed by atoms with Crippen molar-refractivity contribution >= 4 is 31.5 Å². The quantitative estimate of drug-likeness (QED) is 0.666. The fourth-order valence-electron chi connectivity index (χ4n) is 2.78. The Morgan fingerprint density at radius 3 is 2.46 bits per heavy atom. The highest BCUT2D eigenvalue weighted by molar-refractivity contribution is 7.89. The number of imidazole rings is 1. The molecule has 1 N–H and O–H groups in total. The highest BCUT2D eigenvalue weighted by atomic mass is 32.2. The van der Waals surface area contributed by atoms with E-state index in [0.29, 0.717) is 18.0 Å². The van der Waals surface area contributed by atoms with Gasteiger partial charge in [0.1, 0.15) is 0 Å². The zero-order valence-electron chi connectivity index (χ0n) is 15.3. The second kappa shape index (κ2) is 7.34. The van der Waals surface area contributed by atoms with Gasteiger partial charge in [-0.3, -0.25) is 0 Å². The molecule has 2 heterocycles. The number of hydrogen-bond acceptors (Lipinski definition) is 6. The number of fused-ring (bicyclic) bond motifs is 1. The molecule has 0 radical (unpaired) electrons. The van der Waals surface area contributed by atoms with Gasteiger partial charge in [-0.25, -0.2) is 17.9 Å². The molecule has 7 nitrogen and oxygen atoms in total. The van der Waals surface area contributed by atoms with Gasteiger partial charge in [-0.1, -0.05) is 37.3 Å². The van der Waals surface area contributed by atoms with Gasteiger partial charge in [-0.15, -0.1) is 5.10 Å². The van der Waals surface area contributed by atoms with Crippen molar-refractivity contribution in [1.29, 1.82) is 0 Å². The summed E-state index contributed by atoms with van der Waals surface area (Å²) >= 11 is 1.49. The van der Waals surface area contributed by atoms with Crippen LogP contribution in [0.25, 0.3) is 4.96 Å². The molecule has 0 aliphatic heterocycles. The molecule has 0 aliphatic carbocycles. The van der Waals surface area contributed by atoms with Crippen LogP contribution in [0.1, 0.15) is 38.1 Å². The Bertz CT molecular complexity index is 957. The zero-order chi connectivity index (χ0) is 18.9. The van der Waals surface area contributed by atoms with E-state index >= 15 is 0 Å². The second-order valence-corrected chi connectivity index (χ2v) is 8.93. The first-order valence-electron chi connectivity index (χ1n) is 8.54. The average molecular weight is 394 g/mol. The molecule has 1 atom stereocenters. The Morgan fingerprint density at radius 1 is 1.23 bits per heavy atom. The summed E-state index contributed by atoms with van der Waals surface area (Å²) in [6.45, 7) is 8.56. The zero-order valence-corrected chi connectivity index (χ0v) is 16.9. The van der Waals surface area contributed by atoms with Crippen LogP contribution in [0, 0.1) is 6.92 Å². The lowest BCUT2D eigenvalue weighted by molar-refractivity contribution is 0.445. The molecule has 26 heavy (non-hydrogen) atoms. The van der Waals surface area contributed by atoms with Crippen molar-refractivity contribution in [2.24, 2.45) is 0 Å². The molecular formula is C17H23N5O2S2. The molecule has 1 aromatic carbocycles. The van der Waals surface area contributed by atoms with E-state index < -0.39 is 10.0 Å². The molecule has 0 spiro atoms. The third-order valence-electron chi connectivity index (χ3n) is 4.23. The van der Waals surface area contributed by atoms with Crippen molar-refractivity contribution in [2.45, 2.75) is 38.6 Å². The van der Waals surface area contributed by atoms with Gasteiger partial charge in [0.25, 0.3) is 0 Å². The summed E-state index contributed by atoms with van der Waals surface area (Å²) in [4.78, 5) is 5.56. The highest BCUT2D eigenvalue weighted by Crippen LogP contribution is 2.25. The van der Waals surface area contributed by atoms with E-state index in [0.717, 1.165) is 21.3 Å². The van der Waals surface area contributed by atoms with Gasteiger partial charge >= 0.3 is 0 Å². The maximum Gasteiger partial charge on any atom is 0.243 e. The van der Waals surface area contributed by atoms with Crippen molar-refractivity contribution in [3.63, 3.8) is 0 Å². The molecule has 3 aromatic rings. The molecule has 2 aromatic heterocycles. The first-order valence-corrected chi connectivity index (χ1v) is 10.8. The molecule has 0 saturated carbocycles. The molecule has 3 rings (SSSR count). The SMILES string of the molecule is CCN(CC)S(=O)(=O)c1ccc([C@@H](C)Nc2nn3cc(C)nc3s2)cc1. The van der Waals surface area contributed by atoms with Crippen LogP contribution >= 0.6 is 11.3 Å². The number of sulfonamides is 1. The van der Waals surface area contributed by atoms with Crippen LogP contribution in [0.15, 0.2) is 35.4 Å². The predicted molar refractivity (Wildman–Crippen MR) is 104 cm³/mol. The lowest BCUT2D eigenvalue weighted by atomic mass is 10.1. The lowest BCUT2D eigenvalue weighted by Crippen LogP contribution is -2.30. The number of nitrogens with zero attached hydrogens (tertiary/aromatic N) is 4. The smallest absolute Gasteiger partial charge is 0.243 e. The maximum absolute atomic E-state index is 12.6. The van der Waals surface area contributed by atoms with Crippen LogP contribution in [-0.4, -0.2) is 40.4 Å². The molecule has 0 amide bonds. The molecule has 140 valence electrons. The van der Waals surface area contributed by atoms with Gasteiger partial charge in [0.15, 0.2) is 0 Å². The van der Waals surface area contributed by atoms with Crippen molar-refractivity contribution in [3.05, 3.63) is 41.7 Å². The van der Waals surface area contributed by atoms with Crippen molar-refractivity contribution < 1.29 is 8.42 Å². The van der Waals surface area contributed by atoms with Gasteiger partial charge in [0.2, 0.25) is 20.1 Å². The molecule has 0 fully saturated rings. The van der Waals surface area contributed by atoms with Crippen molar-refractivity contribution in [1.82, 2.24) is 18.9 Å². The molecule has 0 aliphatic rings. The second-order valence-electron chi connectivity index (χ2n) is 6.04.